The second-order valence-corrected chi connectivity index (χ2v) is 6.27. The van der Waals surface area contributed by atoms with E-state index in [9.17, 15) is 4.79 Å². The average Bonchev–Trinajstić information content (AvgIpc) is 2.72. The second kappa shape index (κ2) is 7.43. The van der Waals surface area contributed by atoms with Crippen molar-refractivity contribution in [3.8, 4) is 0 Å². The highest BCUT2D eigenvalue weighted by Crippen LogP contribution is 2.07. The summed E-state index contributed by atoms with van der Waals surface area (Å²) in [4.78, 5) is 15.7. The Kier molecular flexibility index (Phi) is 6.21. The predicted molar refractivity (Wildman–Crippen MR) is 78.3 cm³/mol. The maximum absolute atomic E-state index is 11.6. The molecular formula is C13H23N3O2S. The van der Waals surface area contributed by atoms with Gasteiger partial charge in [0.15, 0.2) is 0 Å². The molecule has 0 aromatic carbocycles. The largest absolute Gasteiger partial charge is 0.444 e. The molecule has 0 bridgehead atoms. The lowest BCUT2D eigenvalue weighted by Gasteiger charge is -2.19. The number of carbonyl (C=O) groups excluding carboxylic acids is 1. The second-order valence-electron chi connectivity index (χ2n) is 5.28. The molecule has 0 saturated carbocycles. The van der Waals surface area contributed by atoms with Crippen molar-refractivity contribution in [2.75, 3.05) is 12.0 Å². The van der Waals surface area contributed by atoms with Gasteiger partial charge in [-0.3, -0.25) is 0 Å². The molecule has 1 heterocycles. The Labute approximate surface area is 119 Å². The van der Waals surface area contributed by atoms with E-state index in [0.29, 0.717) is 6.54 Å². The van der Waals surface area contributed by atoms with E-state index in [4.69, 9.17) is 4.74 Å². The topological polar surface area (TPSA) is 56.2 Å². The zero-order valence-corrected chi connectivity index (χ0v) is 12.9. The first-order valence-corrected chi connectivity index (χ1v) is 7.76. The van der Waals surface area contributed by atoms with E-state index >= 15 is 0 Å². The molecule has 0 radical (unpaired) electrons. The summed E-state index contributed by atoms with van der Waals surface area (Å²) in [6.45, 7) is 6.90. The molecule has 0 saturated heterocycles. The molecular weight excluding hydrogens is 262 g/mol. The summed E-state index contributed by atoms with van der Waals surface area (Å²) in [7, 11) is 0. The molecule has 0 aliphatic carbocycles. The summed E-state index contributed by atoms with van der Waals surface area (Å²) in [6, 6.07) is 0. The summed E-state index contributed by atoms with van der Waals surface area (Å²) in [5.41, 5.74) is 0.523. The molecule has 0 unspecified atom stereocenters. The number of nitrogens with one attached hydrogen (secondary N) is 1. The third kappa shape index (κ3) is 6.52. The number of alkyl carbamates (subject to hydrolysis) is 1. The molecule has 0 spiro atoms. The third-order valence-electron chi connectivity index (χ3n) is 2.36. The van der Waals surface area contributed by atoms with Gasteiger partial charge in [-0.15, -0.1) is 0 Å². The van der Waals surface area contributed by atoms with Crippen molar-refractivity contribution >= 4 is 17.9 Å². The third-order valence-corrected chi connectivity index (χ3v) is 3.06. The van der Waals surface area contributed by atoms with Crippen LogP contribution in [0.5, 0.6) is 0 Å². The first-order valence-electron chi connectivity index (χ1n) is 6.37. The highest BCUT2D eigenvalue weighted by Gasteiger charge is 2.16. The fraction of sp³-hybridized carbons (Fsp3) is 0.692. The molecule has 0 atom stereocenters. The molecule has 1 rings (SSSR count). The van der Waals surface area contributed by atoms with Crippen LogP contribution in [0.15, 0.2) is 12.5 Å². The summed E-state index contributed by atoms with van der Waals surface area (Å²) < 4.78 is 7.25. The molecule has 0 aliphatic heterocycles. The number of ether oxygens (including phenoxy) is 1. The van der Waals surface area contributed by atoms with Crippen molar-refractivity contribution in [3.63, 3.8) is 0 Å². The van der Waals surface area contributed by atoms with Gasteiger partial charge in [0.05, 0.1) is 18.6 Å². The lowest BCUT2D eigenvalue weighted by Crippen LogP contribution is -2.32. The molecule has 1 aromatic heterocycles. The van der Waals surface area contributed by atoms with E-state index in [1.54, 1.807) is 12.5 Å². The van der Waals surface area contributed by atoms with Crippen LogP contribution in [0, 0.1) is 0 Å². The summed E-state index contributed by atoms with van der Waals surface area (Å²) in [6.07, 6.45) is 6.36. The standard InChI is InChI=1S/C13H23N3O2S/c1-13(2,3)18-12(17)15-9-11-8-14-10-16(11)6-5-7-19-4/h8,10H,5-7,9H2,1-4H3,(H,15,17). The number of amides is 1. The number of nitrogens with zero attached hydrogens (tertiary/aromatic N) is 2. The van der Waals surface area contributed by atoms with Gasteiger partial charge in [-0.1, -0.05) is 0 Å². The van der Waals surface area contributed by atoms with Gasteiger partial charge in [0, 0.05) is 12.7 Å². The van der Waals surface area contributed by atoms with Crippen LogP contribution in [0.1, 0.15) is 32.9 Å². The predicted octanol–water partition coefficient (Wildman–Crippen LogP) is 2.66. The van der Waals surface area contributed by atoms with Crippen LogP contribution >= 0.6 is 11.8 Å². The Bertz CT molecular complexity index is 399. The fourth-order valence-corrected chi connectivity index (χ4v) is 1.97. The molecule has 6 heteroatoms. The number of hydrogen-bond acceptors (Lipinski definition) is 4. The summed E-state index contributed by atoms with van der Waals surface area (Å²) in [5.74, 6) is 1.12. The van der Waals surface area contributed by atoms with Crippen molar-refractivity contribution in [2.45, 2.75) is 45.9 Å². The van der Waals surface area contributed by atoms with Crippen molar-refractivity contribution in [3.05, 3.63) is 18.2 Å². The van der Waals surface area contributed by atoms with E-state index in [-0.39, 0.29) is 0 Å². The number of aromatic nitrogens is 2. The molecule has 5 nitrogen and oxygen atoms in total. The molecule has 0 fully saturated rings. The van der Waals surface area contributed by atoms with E-state index in [0.717, 1.165) is 24.4 Å². The van der Waals surface area contributed by atoms with Crippen molar-refractivity contribution in [1.82, 2.24) is 14.9 Å². The molecule has 1 aromatic rings. The van der Waals surface area contributed by atoms with Crippen molar-refractivity contribution in [1.29, 1.82) is 0 Å². The Morgan fingerprint density at radius 2 is 2.26 bits per heavy atom. The van der Waals surface area contributed by atoms with Gasteiger partial charge in [0.1, 0.15) is 5.60 Å². The van der Waals surface area contributed by atoms with Crippen LogP contribution in [0.3, 0.4) is 0 Å². The smallest absolute Gasteiger partial charge is 0.407 e. The summed E-state index contributed by atoms with van der Waals surface area (Å²) >= 11 is 1.83. The molecule has 1 amide bonds. The Morgan fingerprint density at radius 1 is 1.53 bits per heavy atom. The van der Waals surface area contributed by atoms with Gasteiger partial charge >= 0.3 is 6.09 Å². The van der Waals surface area contributed by atoms with Crippen molar-refractivity contribution in [2.24, 2.45) is 0 Å². The summed E-state index contributed by atoms with van der Waals surface area (Å²) in [5, 5.41) is 2.75. The van der Waals surface area contributed by atoms with Crippen LogP contribution < -0.4 is 5.32 Å². The quantitative estimate of drug-likeness (QED) is 0.816. The normalized spacial score (nSPS) is 11.4. The molecule has 108 valence electrons. The highest BCUT2D eigenvalue weighted by atomic mass is 32.2. The number of carbonyl (C=O) groups is 1. The molecule has 19 heavy (non-hydrogen) atoms. The van der Waals surface area contributed by atoms with E-state index < -0.39 is 11.7 Å². The van der Waals surface area contributed by atoms with Gasteiger partial charge in [-0.05, 0) is 39.2 Å². The SMILES string of the molecule is CSCCCn1cncc1CNC(=O)OC(C)(C)C. The van der Waals surface area contributed by atoms with Gasteiger partial charge in [0.2, 0.25) is 0 Å². The Hall–Kier alpha value is -1.17. The van der Waals surface area contributed by atoms with E-state index in [1.807, 2.05) is 32.5 Å². The first-order chi connectivity index (χ1) is 8.92. The van der Waals surface area contributed by atoms with Crippen LogP contribution in [0.25, 0.3) is 0 Å². The van der Waals surface area contributed by atoms with Crippen LogP contribution in [0.4, 0.5) is 4.79 Å². The molecule has 1 N–H and O–H groups in total. The first kappa shape index (κ1) is 15.9. The number of thioether (sulfide) groups is 1. The number of aryl methyl sites for hydroxylation is 1. The van der Waals surface area contributed by atoms with Crippen molar-refractivity contribution < 1.29 is 9.53 Å². The van der Waals surface area contributed by atoms with E-state index in [1.165, 1.54) is 0 Å². The van der Waals surface area contributed by atoms with Crippen LogP contribution in [-0.2, 0) is 17.8 Å². The minimum atomic E-state index is -0.470. The number of rotatable bonds is 6. The fourth-order valence-electron chi connectivity index (χ4n) is 1.55. The van der Waals surface area contributed by atoms with Gasteiger partial charge in [0.25, 0.3) is 0 Å². The molecule has 0 aliphatic rings. The Balaban J connectivity index is 2.41. The maximum Gasteiger partial charge on any atom is 0.407 e. The van der Waals surface area contributed by atoms with Gasteiger partial charge in [-0.25, -0.2) is 9.78 Å². The number of hydrogen-bond donors (Lipinski definition) is 1. The lowest BCUT2D eigenvalue weighted by molar-refractivity contribution is 0.0522. The maximum atomic E-state index is 11.6. The zero-order valence-electron chi connectivity index (χ0n) is 12.1. The lowest BCUT2D eigenvalue weighted by atomic mass is 10.2. The van der Waals surface area contributed by atoms with Crippen LogP contribution in [0.2, 0.25) is 0 Å². The van der Waals surface area contributed by atoms with Crippen LogP contribution in [-0.4, -0.2) is 33.3 Å². The monoisotopic (exact) mass is 285 g/mol. The minimum absolute atomic E-state index is 0.399. The number of imidazole rings is 1. The van der Waals surface area contributed by atoms with E-state index in [2.05, 4.69) is 21.1 Å². The average molecular weight is 285 g/mol. The Morgan fingerprint density at radius 3 is 2.89 bits per heavy atom. The highest BCUT2D eigenvalue weighted by molar-refractivity contribution is 7.98. The van der Waals surface area contributed by atoms with Gasteiger partial charge < -0.3 is 14.6 Å². The minimum Gasteiger partial charge on any atom is -0.444 e. The zero-order chi connectivity index (χ0) is 14.3. The van der Waals surface area contributed by atoms with Gasteiger partial charge in [-0.2, -0.15) is 11.8 Å².